The predicted octanol–water partition coefficient (Wildman–Crippen LogP) is 4.01. The zero-order valence-electron chi connectivity index (χ0n) is 18.0. The predicted molar refractivity (Wildman–Crippen MR) is 132 cm³/mol. The largest absolute Gasteiger partial charge is 0.491 e. The summed E-state index contributed by atoms with van der Waals surface area (Å²) in [5, 5.41) is 7.84. The molecule has 0 aliphatic rings. The summed E-state index contributed by atoms with van der Waals surface area (Å²) in [5.41, 5.74) is 3.36. The van der Waals surface area contributed by atoms with Gasteiger partial charge in [-0.2, -0.15) is 0 Å². The number of benzene rings is 1. The first-order valence-corrected chi connectivity index (χ1v) is 10.5. The van der Waals surface area contributed by atoms with E-state index in [1.165, 1.54) is 10.4 Å². The van der Waals surface area contributed by atoms with Gasteiger partial charge in [0, 0.05) is 37.1 Å². The molecule has 2 rings (SSSR count). The Morgan fingerprint density at radius 2 is 1.97 bits per heavy atom. The number of hydrogen-bond donors (Lipinski definition) is 2. The minimum absolute atomic E-state index is 0. The van der Waals surface area contributed by atoms with Crippen LogP contribution in [0.4, 0.5) is 0 Å². The summed E-state index contributed by atoms with van der Waals surface area (Å²) in [6.07, 6.45) is 0.942. The van der Waals surface area contributed by atoms with E-state index >= 15 is 0 Å². The van der Waals surface area contributed by atoms with Crippen molar-refractivity contribution in [3.8, 4) is 5.75 Å². The van der Waals surface area contributed by atoms with E-state index in [0.717, 1.165) is 47.5 Å². The van der Waals surface area contributed by atoms with Gasteiger partial charge in [-0.15, -0.1) is 35.3 Å². The van der Waals surface area contributed by atoms with E-state index in [0.29, 0.717) is 19.8 Å². The van der Waals surface area contributed by atoms with E-state index in [4.69, 9.17) is 14.5 Å². The molecule has 0 atom stereocenters. The normalized spacial score (nSPS) is 11.1. The highest BCUT2D eigenvalue weighted by Gasteiger charge is 2.07. The van der Waals surface area contributed by atoms with Crippen LogP contribution < -0.4 is 15.4 Å². The molecule has 0 aliphatic heterocycles. The van der Waals surface area contributed by atoms with Gasteiger partial charge in [-0.05, 0) is 39.3 Å². The van der Waals surface area contributed by atoms with Crippen molar-refractivity contribution in [2.75, 3.05) is 33.4 Å². The molecule has 0 radical (unpaired) electrons. The van der Waals surface area contributed by atoms with Gasteiger partial charge in [-0.3, -0.25) is 0 Å². The third kappa shape index (κ3) is 8.88. The number of guanidine groups is 1. The molecule has 29 heavy (non-hydrogen) atoms. The zero-order valence-corrected chi connectivity index (χ0v) is 21.1. The first kappa shape index (κ1) is 25.6. The van der Waals surface area contributed by atoms with Gasteiger partial charge in [0.15, 0.2) is 5.96 Å². The summed E-state index contributed by atoms with van der Waals surface area (Å²) in [6.45, 7) is 11.5. The van der Waals surface area contributed by atoms with Crippen molar-refractivity contribution >= 4 is 41.3 Å². The second-order valence-corrected chi connectivity index (χ2v) is 7.85. The summed E-state index contributed by atoms with van der Waals surface area (Å²) in [4.78, 5) is 10.5. The van der Waals surface area contributed by atoms with Gasteiger partial charge < -0.3 is 20.1 Å². The van der Waals surface area contributed by atoms with Crippen LogP contribution in [-0.4, -0.2) is 44.4 Å². The quantitative estimate of drug-likeness (QED) is 0.210. The number of thiazole rings is 1. The SMILES string of the molecule is CCNC(=NCc1ccc(C)cc1OCCOC)NCCc1sc(C)nc1C.I. The number of hydrogen-bond acceptors (Lipinski definition) is 5. The number of halogens is 1. The number of aliphatic imine (C=N–C) groups is 1. The molecule has 2 N–H and O–H groups in total. The van der Waals surface area contributed by atoms with Crippen molar-refractivity contribution in [1.29, 1.82) is 0 Å². The van der Waals surface area contributed by atoms with Crippen LogP contribution in [0.25, 0.3) is 0 Å². The van der Waals surface area contributed by atoms with E-state index < -0.39 is 0 Å². The molecule has 162 valence electrons. The maximum absolute atomic E-state index is 5.86. The summed E-state index contributed by atoms with van der Waals surface area (Å²) in [5.74, 6) is 1.68. The molecule has 8 heteroatoms. The number of aromatic nitrogens is 1. The molecule has 0 saturated carbocycles. The molecule has 1 aromatic heterocycles. The molecule has 0 bridgehead atoms. The number of methoxy groups -OCH3 is 1. The topological polar surface area (TPSA) is 67.8 Å². The average molecular weight is 532 g/mol. The van der Waals surface area contributed by atoms with Gasteiger partial charge >= 0.3 is 0 Å². The standard InChI is InChI=1S/C21H32N4O2S.HI/c1-6-22-21(23-10-9-20-16(3)25-17(4)28-20)24-14-18-8-7-15(2)13-19(18)27-12-11-26-5;/h7-8,13H,6,9-12,14H2,1-5H3,(H2,22,23,24);1H. The minimum Gasteiger partial charge on any atom is -0.491 e. The van der Waals surface area contributed by atoms with Crippen LogP contribution in [0.15, 0.2) is 23.2 Å². The van der Waals surface area contributed by atoms with Gasteiger partial charge in [0.1, 0.15) is 12.4 Å². The van der Waals surface area contributed by atoms with Crippen LogP contribution >= 0.6 is 35.3 Å². The number of ether oxygens (including phenoxy) is 2. The van der Waals surface area contributed by atoms with Crippen LogP contribution in [0.3, 0.4) is 0 Å². The minimum atomic E-state index is 0. The lowest BCUT2D eigenvalue weighted by molar-refractivity contribution is 0.145. The summed E-state index contributed by atoms with van der Waals surface area (Å²) >= 11 is 1.76. The van der Waals surface area contributed by atoms with Crippen LogP contribution in [0.2, 0.25) is 0 Å². The Labute approximate surface area is 195 Å². The van der Waals surface area contributed by atoms with Crippen molar-refractivity contribution < 1.29 is 9.47 Å². The lowest BCUT2D eigenvalue weighted by atomic mass is 10.1. The van der Waals surface area contributed by atoms with E-state index in [-0.39, 0.29) is 24.0 Å². The highest BCUT2D eigenvalue weighted by atomic mass is 127. The first-order chi connectivity index (χ1) is 13.5. The molecule has 0 spiro atoms. The molecular formula is C21H33IN4O2S. The first-order valence-electron chi connectivity index (χ1n) is 9.69. The van der Waals surface area contributed by atoms with E-state index in [2.05, 4.69) is 54.6 Å². The fourth-order valence-corrected chi connectivity index (χ4v) is 3.70. The third-order valence-electron chi connectivity index (χ3n) is 4.16. The monoisotopic (exact) mass is 532 g/mol. The second-order valence-electron chi connectivity index (χ2n) is 6.57. The highest BCUT2D eigenvalue weighted by Crippen LogP contribution is 2.21. The van der Waals surface area contributed by atoms with Crippen molar-refractivity contribution in [1.82, 2.24) is 15.6 Å². The lowest BCUT2D eigenvalue weighted by Gasteiger charge is -2.13. The van der Waals surface area contributed by atoms with Gasteiger partial charge in [-0.1, -0.05) is 12.1 Å². The maximum atomic E-state index is 5.86. The van der Waals surface area contributed by atoms with Gasteiger partial charge in [0.2, 0.25) is 0 Å². The number of rotatable bonds is 10. The fraction of sp³-hybridized carbons (Fsp3) is 0.524. The Hall–Kier alpha value is -1.39. The lowest BCUT2D eigenvalue weighted by Crippen LogP contribution is -2.38. The summed E-state index contributed by atoms with van der Waals surface area (Å²) in [7, 11) is 1.67. The van der Waals surface area contributed by atoms with Crippen molar-refractivity contribution in [3.63, 3.8) is 0 Å². The van der Waals surface area contributed by atoms with Crippen molar-refractivity contribution in [3.05, 3.63) is 44.9 Å². The molecule has 0 fully saturated rings. The Bertz CT molecular complexity index is 780. The fourth-order valence-electron chi connectivity index (χ4n) is 2.77. The van der Waals surface area contributed by atoms with Crippen LogP contribution in [0.1, 0.15) is 33.6 Å². The van der Waals surface area contributed by atoms with Gasteiger partial charge in [-0.25, -0.2) is 9.98 Å². The molecule has 0 unspecified atom stereocenters. The van der Waals surface area contributed by atoms with Crippen molar-refractivity contribution in [2.45, 2.75) is 40.7 Å². The second kappa shape index (κ2) is 13.8. The molecule has 2 aromatic rings. The Balaban J connectivity index is 0.00000420. The average Bonchev–Trinajstić information content (AvgIpc) is 2.98. The zero-order chi connectivity index (χ0) is 20.4. The van der Waals surface area contributed by atoms with Crippen LogP contribution in [-0.2, 0) is 17.7 Å². The van der Waals surface area contributed by atoms with E-state index in [9.17, 15) is 0 Å². The molecular weight excluding hydrogens is 499 g/mol. The molecule has 1 heterocycles. The summed E-state index contributed by atoms with van der Waals surface area (Å²) in [6, 6.07) is 6.22. The smallest absolute Gasteiger partial charge is 0.191 e. The summed E-state index contributed by atoms with van der Waals surface area (Å²) < 4.78 is 10.9. The number of aryl methyl sites for hydroxylation is 3. The van der Waals surface area contributed by atoms with Gasteiger partial charge in [0.05, 0.1) is 23.9 Å². The molecule has 1 aromatic carbocycles. The van der Waals surface area contributed by atoms with Gasteiger partial charge in [0.25, 0.3) is 0 Å². The van der Waals surface area contributed by atoms with E-state index in [1.807, 2.05) is 6.92 Å². The Kier molecular flexibility index (Phi) is 12.2. The molecule has 6 nitrogen and oxygen atoms in total. The molecule has 0 amide bonds. The molecule has 0 saturated heterocycles. The Morgan fingerprint density at radius 3 is 2.62 bits per heavy atom. The Morgan fingerprint density at radius 1 is 1.17 bits per heavy atom. The highest BCUT2D eigenvalue weighted by molar-refractivity contribution is 14.0. The maximum Gasteiger partial charge on any atom is 0.191 e. The van der Waals surface area contributed by atoms with Crippen molar-refractivity contribution in [2.24, 2.45) is 4.99 Å². The van der Waals surface area contributed by atoms with E-state index in [1.54, 1.807) is 18.4 Å². The van der Waals surface area contributed by atoms with Crippen LogP contribution in [0.5, 0.6) is 5.75 Å². The van der Waals surface area contributed by atoms with Crippen LogP contribution in [0, 0.1) is 20.8 Å². The molecule has 0 aliphatic carbocycles. The number of nitrogens with one attached hydrogen (secondary N) is 2. The third-order valence-corrected chi connectivity index (χ3v) is 5.30. The number of nitrogens with zero attached hydrogens (tertiary/aromatic N) is 2.